The molecule has 1 saturated carbocycles. The molecule has 3 heteroatoms. The van der Waals surface area contributed by atoms with E-state index in [0.29, 0.717) is 10.8 Å². The van der Waals surface area contributed by atoms with Gasteiger partial charge in [0.1, 0.15) is 5.75 Å². The Morgan fingerprint density at radius 1 is 1.19 bits per heavy atom. The molecule has 0 atom stereocenters. The van der Waals surface area contributed by atoms with Crippen LogP contribution in [0.25, 0.3) is 0 Å². The number of benzene rings is 1. The van der Waals surface area contributed by atoms with Gasteiger partial charge in [-0.25, -0.2) is 0 Å². The largest absolute Gasteiger partial charge is 0.497 e. The average Bonchev–Trinajstić information content (AvgIpc) is 2.29. The van der Waals surface area contributed by atoms with Crippen molar-refractivity contribution in [1.29, 1.82) is 0 Å². The minimum atomic E-state index is -0.712. The molecule has 0 aromatic heterocycles. The van der Waals surface area contributed by atoms with E-state index in [-0.39, 0.29) is 0 Å². The summed E-state index contributed by atoms with van der Waals surface area (Å²) in [6.07, 6.45) is 4.99. The first-order valence-corrected chi connectivity index (χ1v) is 6.09. The third-order valence-electron chi connectivity index (χ3n) is 3.33. The summed E-state index contributed by atoms with van der Waals surface area (Å²) in [5, 5.41) is 11.2. The monoisotopic (exact) mass is 240 g/mol. The van der Waals surface area contributed by atoms with Crippen LogP contribution in [0.1, 0.15) is 37.7 Å². The van der Waals surface area contributed by atoms with Crippen LogP contribution >= 0.6 is 11.6 Å². The van der Waals surface area contributed by atoms with E-state index in [2.05, 4.69) is 0 Å². The molecule has 1 aromatic carbocycles. The van der Waals surface area contributed by atoms with Gasteiger partial charge >= 0.3 is 0 Å². The van der Waals surface area contributed by atoms with Gasteiger partial charge in [0.2, 0.25) is 0 Å². The van der Waals surface area contributed by atoms with E-state index >= 15 is 0 Å². The van der Waals surface area contributed by atoms with Crippen LogP contribution in [0, 0.1) is 0 Å². The van der Waals surface area contributed by atoms with Gasteiger partial charge in [-0.05, 0) is 36.6 Å². The second kappa shape index (κ2) is 4.64. The van der Waals surface area contributed by atoms with Crippen LogP contribution in [0.3, 0.4) is 0 Å². The molecule has 2 nitrogen and oxygen atoms in total. The lowest BCUT2D eigenvalue weighted by molar-refractivity contribution is -0.000783. The van der Waals surface area contributed by atoms with Crippen molar-refractivity contribution in [3.05, 3.63) is 28.8 Å². The van der Waals surface area contributed by atoms with Crippen molar-refractivity contribution < 1.29 is 9.84 Å². The number of halogens is 1. The van der Waals surface area contributed by atoms with Gasteiger partial charge in [-0.1, -0.05) is 30.9 Å². The number of ether oxygens (including phenoxy) is 1. The Hall–Kier alpha value is -0.730. The Labute approximate surface area is 101 Å². The lowest BCUT2D eigenvalue weighted by Gasteiger charge is -2.32. The molecule has 0 saturated heterocycles. The quantitative estimate of drug-likeness (QED) is 0.858. The lowest BCUT2D eigenvalue weighted by Crippen LogP contribution is -2.28. The highest BCUT2D eigenvalue weighted by atomic mass is 35.5. The maximum absolute atomic E-state index is 10.6. The van der Waals surface area contributed by atoms with Crippen LogP contribution < -0.4 is 4.74 Å². The van der Waals surface area contributed by atoms with Gasteiger partial charge in [0, 0.05) is 5.02 Å². The van der Waals surface area contributed by atoms with Gasteiger partial charge in [0.25, 0.3) is 0 Å². The van der Waals surface area contributed by atoms with Crippen molar-refractivity contribution in [3.8, 4) is 5.75 Å². The molecule has 1 aromatic rings. The van der Waals surface area contributed by atoms with Crippen molar-refractivity contribution >= 4 is 11.6 Å². The van der Waals surface area contributed by atoms with E-state index in [0.717, 1.165) is 31.2 Å². The molecule has 0 amide bonds. The van der Waals surface area contributed by atoms with Crippen molar-refractivity contribution in [1.82, 2.24) is 0 Å². The molecule has 0 spiro atoms. The van der Waals surface area contributed by atoms with Crippen molar-refractivity contribution in [2.24, 2.45) is 0 Å². The Kier molecular flexibility index (Phi) is 3.41. The first-order valence-electron chi connectivity index (χ1n) is 5.71. The van der Waals surface area contributed by atoms with Crippen LogP contribution in [0.5, 0.6) is 5.75 Å². The van der Waals surface area contributed by atoms with E-state index in [1.807, 2.05) is 12.1 Å². The Balaban J connectivity index is 2.34. The predicted molar refractivity (Wildman–Crippen MR) is 65.0 cm³/mol. The Bertz CT molecular complexity index is 370. The number of hydrogen-bond donors (Lipinski definition) is 1. The number of hydrogen-bond acceptors (Lipinski definition) is 2. The second-order valence-corrected chi connectivity index (χ2v) is 4.91. The summed E-state index contributed by atoms with van der Waals surface area (Å²) in [7, 11) is 1.61. The summed E-state index contributed by atoms with van der Waals surface area (Å²) in [6.45, 7) is 0. The molecule has 1 N–H and O–H groups in total. The molecule has 2 rings (SSSR count). The van der Waals surface area contributed by atoms with Crippen LogP contribution in [0.15, 0.2) is 18.2 Å². The maximum atomic E-state index is 10.6. The molecule has 0 aliphatic heterocycles. The fraction of sp³-hybridized carbons (Fsp3) is 0.538. The van der Waals surface area contributed by atoms with Crippen LogP contribution in [-0.4, -0.2) is 12.2 Å². The van der Waals surface area contributed by atoms with Gasteiger partial charge < -0.3 is 9.84 Å². The number of methoxy groups -OCH3 is 1. The minimum absolute atomic E-state index is 0.619. The fourth-order valence-corrected chi connectivity index (χ4v) is 2.60. The first kappa shape index (κ1) is 11.7. The van der Waals surface area contributed by atoms with Crippen molar-refractivity contribution in [2.75, 3.05) is 7.11 Å². The van der Waals surface area contributed by atoms with Crippen LogP contribution in [-0.2, 0) is 5.60 Å². The van der Waals surface area contributed by atoms with Gasteiger partial charge in [-0.2, -0.15) is 0 Å². The molecular formula is C13H17ClO2. The first-order chi connectivity index (χ1) is 7.64. The highest BCUT2D eigenvalue weighted by Crippen LogP contribution is 2.39. The highest BCUT2D eigenvalue weighted by Gasteiger charge is 2.31. The third-order valence-corrected chi connectivity index (χ3v) is 3.54. The second-order valence-electron chi connectivity index (χ2n) is 4.47. The average molecular weight is 241 g/mol. The molecule has 0 heterocycles. The van der Waals surface area contributed by atoms with Crippen molar-refractivity contribution in [2.45, 2.75) is 37.7 Å². The van der Waals surface area contributed by atoms with E-state index in [1.165, 1.54) is 6.42 Å². The molecular weight excluding hydrogens is 224 g/mol. The van der Waals surface area contributed by atoms with E-state index in [4.69, 9.17) is 16.3 Å². The molecule has 88 valence electrons. The molecule has 1 aliphatic rings. The Morgan fingerprint density at radius 3 is 2.50 bits per heavy atom. The molecule has 1 fully saturated rings. The number of aliphatic hydroxyl groups is 1. The zero-order chi connectivity index (χ0) is 11.6. The Morgan fingerprint density at radius 2 is 1.88 bits per heavy atom. The zero-order valence-electron chi connectivity index (χ0n) is 9.50. The highest BCUT2D eigenvalue weighted by molar-refractivity contribution is 6.30. The molecule has 0 unspecified atom stereocenters. The summed E-state index contributed by atoms with van der Waals surface area (Å²) in [6, 6.07) is 5.49. The van der Waals surface area contributed by atoms with Gasteiger partial charge in [-0.15, -0.1) is 0 Å². The predicted octanol–water partition coefficient (Wildman–Crippen LogP) is 3.50. The normalized spacial score (nSPS) is 19.4. The van der Waals surface area contributed by atoms with E-state index in [9.17, 15) is 5.11 Å². The zero-order valence-corrected chi connectivity index (χ0v) is 10.3. The molecule has 1 aliphatic carbocycles. The van der Waals surface area contributed by atoms with E-state index < -0.39 is 5.60 Å². The summed E-state index contributed by atoms with van der Waals surface area (Å²) in [5.74, 6) is 0.710. The van der Waals surface area contributed by atoms with Gasteiger partial charge in [0.15, 0.2) is 0 Å². The summed E-state index contributed by atoms with van der Waals surface area (Å²) in [4.78, 5) is 0. The van der Waals surface area contributed by atoms with Crippen LogP contribution in [0.2, 0.25) is 5.02 Å². The smallest absolute Gasteiger partial charge is 0.120 e. The molecule has 0 radical (unpaired) electrons. The topological polar surface area (TPSA) is 29.5 Å². The number of rotatable bonds is 2. The lowest BCUT2D eigenvalue weighted by atomic mass is 9.80. The van der Waals surface area contributed by atoms with Gasteiger partial charge in [0.05, 0.1) is 12.7 Å². The summed E-state index contributed by atoms with van der Waals surface area (Å²) < 4.78 is 5.18. The summed E-state index contributed by atoms with van der Waals surface area (Å²) in [5.41, 5.74) is 0.174. The standard InChI is InChI=1S/C13H17ClO2/c1-16-12-8-10(7-11(14)9-12)13(15)5-3-2-4-6-13/h7-9,15H,2-6H2,1H3. The molecule has 0 bridgehead atoms. The van der Waals surface area contributed by atoms with Crippen molar-refractivity contribution in [3.63, 3.8) is 0 Å². The maximum Gasteiger partial charge on any atom is 0.120 e. The van der Waals surface area contributed by atoms with E-state index in [1.54, 1.807) is 13.2 Å². The van der Waals surface area contributed by atoms with Crippen LogP contribution in [0.4, 0.5) is 0 Å². The minimum Gasteiger partial charge on any atom is -0.497 e. The fourth-order valence-electron chi connectivity index (χ4n) is 2.37. The van der Waals surface area contributed by atoms with Gasteiger partial charge in [-0.3, -0.25) is 0 Å². The third kappa shape index (κ3) is 2.33. The summed E-state index contributed by atoms with van der Waals surface area (Å²) >= 11 is 6.02. The molecule has 16 heavy (non-hydrogen) atoms. The SMILES string of the molecule is COc1cc(Cl)cc(C2(O)CCCCC2)c1.